The molecule has 0 aliphatic rings. The van der Waals surface area contributed by atoms with E-state index in [1.54, 1.807) is 24.3 Å². The third-order valence-electron chi connectivity index (χ3n) is 2.38. The summed E-state index contributed by atoms with van der Waals surface area (Å²) in [7, 11) is -3.63. The van der Waals surface area contributed by atoms with Gasteiger partial charge in [0.25, 0.3) is 0 Å². The van der Waals surface area contributed by atoms with Gasteiger partial charge in [0, 0.05) is 5.56 Å². The lowest BCUT2D eigenvalue weighted by Crippen LogP contribution is -2.42. The summed E-state index contributed by atoms with van der Waals surface area (Å²) in [5, 5.41) is 0. The summed E-state index contributed by atoms with van der Waals surface area (Å²) < 4.78 is 25.7. The smallest absolute Gasteiger partial charge is 0.235 e. The molecule has 0 fully saturated rings. The summed E-state index contributed by atoms with van der Waals surface area (Å²) in [4.78, 5) is 11.1. The number of carbonyl (C=O) groups excluding carboxylic acids is 1. The number of nitrogens with one attached hydrogen (secondary N) is 1. The van der Waals surface area contributed by atoms with Crippen molar-refractivity contribution in [2.45, 2.75) is 18.7 Å². The summed E-state index contributed by atoms with van der Waals surface area (Å²) in [6, 6.07) is 5.57. The second kappa shape index (κ2) is 6.09. The fraction of sp³-hybridized carbons (Fsp3) is 0.273. The first-order chi connectivity index (χ1) is 8.71. The van der Waals surface area contributed by atoms with Gasteiger partial charge in [0.15, 0.2) is 0 Å². The molecule has 1 unspecified atom stereocenters. The minimum atomic E-state index is -3.63. The van der Waals surface area contributed by atoms with Crippen molar-refractivity contribution in [3.05, 3.63) is 35.4 Å². The Kier molecular flexibility index (Phi) is 4.98. The van der Waals surface area contributed by atoms with Gasteiger partial charge in [-0.25, -0.2) is 13.1 Å². The van der Waals surface area contributed by atoms with E-state index < -0.39 is 22.0 Å². The molecule has 19 heavy (non-hydrogen) atoms. The lowest BCUT2D eigenvalue weighted by atomic mass is 10.1. The number of benzene rings is 1. The zero-order chi connectivity index (χ0) is 14.6. The largest absolute Gasteiger partial charge is 0.389 e. The Labute approximate surface area is 117 Å². The molecule has 0 aliphatic carbocycles. The van der Waals surface area contributed by atoms with E-state index in [0.717, 1.165) is 0 Å². The van der Waals surface area contributed by atoms with Crippen LogP contribution in [0.25, 0.3) is 0 Å². The van der Waals surface area contributed by atoms with Crippen LogP contribution < -0.4 is 16.2 Å². The van der Waals surface area contributed by atoms with E-state index in [9.17, 15) is 13.2 Å². The van der Waals surface area contributed by atoms with Gasteiger partial charge in [-0.3, -0.25) is 4.79 Å². The van der Waals surface area contributed by atoms with Crippen LogP contribution in [0, 0.1) is 0 Å². The molecule has 0 aromatic heterocycles. The molecule has 1 atom stereocenters. The quantitative estimate of drug-likeness (QED) is 0.619. The van der Waals surface area contributed by atoms with Crippen molar-refractivity contribution in [2.24, 2.45) is 11.5 Å². The molecule has 1 aromatic carbocycles. The number of primary amides is 1. The molecule has 6 nitrogen and oxygen atoms in total. The summed E-state index contributed by atoms with van der Waals surface area (Å²) in [6.07, 6.45) is 0. The van der Waals surface area contributed by atoms with Crippen molar-refractivity contribution in [1.82, 2.24) is 4.72 Å². The molecule has 0 saturated heterocycles. The van der Waals surface area contributed by atoms with Crippen molar-refractivity contribution in [2.75, 3.05) is 0 Å². The second-order valence-electron chi connectivity index (χ2n) is 4.06. The zero-order valence-electron chi connectivity index (χ0n) is 10.3. The van der Waals surface area contributed by atoms with Crippen LogP contribution in [0.4, 0.5) is 0 Å². The molecule has 104 valence electrons. The molecule has 8 heteroatoms. The number of sulfonamides is 1. The first-order valence-corrected chi connectivity index (χ1v) is 7.45. The van der Waals surface area contributed by atoms with Crippen LogP contribution >= 0.6 is 12.2 Å². The predicted octanol–water partition coefficient (Wildman–Crippen LogP) is -0.386. The number of hydrogen-bond donors (Lipinski definition) is 3. The second-order valence-corrected chi connectivity index (χ2v) is 6.26. The lowest BCUT2D eigenvalue weighted by molar-refractivity contribution is -0.119. The van der Waals surface area contributed by atoms with E-state index in [1.165, 1.54) is 6.92 Å². The fourth-order valence-corrected chi connectivity index (χ4v) is 2.86. The van der Waals surface area contributed by atoms with Gasteiger partial charge in [-0.05, 0) is 12.5 Å². The van der Waals surface area contributed by atoms with Crippen LogP contribution in [0.5, 0.6) is 0 Å². The van der Waals surface area contributed by atoms with E-state index in [2.05, 4.69) is 4.72 Å². The van der Waals surface area contributed by atoms with Crippen LogP contribution in [0.15, 0.2) is 24.3 Å². The molecule has 1 rings (SSSR count). The Morgan fingerprint density at radius 1 is 1.32 bits per heavy atom. The molecular weight excluding hydrogens is 286 g/mol. The highest BCUT2D eigenvalue weighted by Gasteiger charge is 2.18. The average molecular weight is 301 g/mol. The SMILES string of the molecule is CC(NS(=O)(=O)Cc1ccc(C(N)=S)cc1)C(N)=O. The van der Waals surface area contributed by atoms with Gasteiger partial charge < -0.3 is 11.5 Å². The minimum Gasteiger partial charge on any atom is -0.389 e. The third-order valence-corrected chi connectivity index (χ3v) is 4.04. The van der Waals surface area contributed by atoms with Crippen molar-refractivity contribution < 1.29 is 13.2 Å². The lowest BCUT2D eigenvalue weighted by Gasteiger charge is -2.11. The number of rotatable bonds is 6. The zero-order valence-corrected chi connectivity index (χ0v) is 11.9. The molecule has 0 aliphatic heterocycles. The monoisotopic (exact) mass is 301 g/mol. The van der Waals surface area contributed by atoms with Gasteiger partial charge >= 0.3 is 0 Å². The maximum atomic E-state index is 11.8. The highest BCUT2D eigenvalue weighted by atomic mass is 32.2. The maximum Gasteiger partial charge on any atom is 0.235 e. The van der Waals surface area contributed by atoms with Gasteiger partial charge in [0.05, 0.1) is 11.8 Å². The molecule has 1 amide bonds. The van der Waals surface area contributed by atoms with Crippen molar-refractivity contribution in [3.8, 4) is 0 Å². The van der Waals surface area contributed by atoms with Gasteiger partial charge in [0.1, 0.15) is 4.99 Å². The third kappa shape index (κ3) is 4.93. The summed E-state index contributed by atoms with van der Waals surface area (Å²) in [5.74, 6) is -0.977. The molecule has 5 N–H and O–H groups in total. The molecule has 0 heterocycles. The van der Waals surface area contributed by atoms with Crippen LogP contribution in [0.1, 0.15) is 18.1 Å². The fourth-order valence-electron chi connectivity index (χ4n) is 1.35. The molecule has 1 aromatic rings. The van der Waals surface area contributed by atoms with Crippen molar-refractivity contribution in [1.29, 1.82) is 0 Å². The van der Waals surface area contributed by atoms with Gasteiger partial charge in [-0.15, -0.1) is 0 Å². The van der Waals surface area contributed by atoms with Crippen LogP contribution in [-0.4, -0.2) is 25.4 Å². The number of carbonyl (C=O) groups is 1. The Morgan fingerprint density at radius 2 is 1.84 bits per heavy atom. The van der Waals surface area contributed by atoms with Crippen molar-refractivity contribution in [3.63, 3.8) is 0 Å². The van der Waals surface area contributed by atoms with E-state index in [-0.39, 0.29) is 10.7 Å². The molecule has 0 spiro atoms. The van der Waals surface area contributed by atoms with Crippen molar-refractivity contribution >= 4 is 33.1 Å². The molecule has 0 saturated carbocycles. The normalized spacial score (nSPS) is 12.9. The first kappa shape index (κ1) is 15.5. The molecule has 0 bridgehead atoms. The Hall–Kier alpha value is -1.51. The molecule has 0 radical (unpaired) electrons. The highest BCUT2D eigenvalue weighted by Crippen LogP contribution is 2.08. The van der Waals surface area contributed by atoms with E-state index >= 15 is 0 Å². The maximum absolute atomic E-state index is 11.8. The van der Waals surface area contributed by atoms with Crippen LogP contribution in [0.2, 0.25) is 0 Å². The Balaban J connectivity index is 2.78. The predicted molar refractivity (Wildman–Crippen MR) is 76.7 cm³/mol. The Bertz CT molecular complexity index is 582. The summed E-state index contributed by atoms with van der Waals surface area (Å²) in [5.41, 5.74) is 11.7. The van der Waals surface area contributed by atoms with Crippen LogP contribution in [0.3, 0.4) is 0 Å². The van der Waals surface area contributed by atoms with E-state index in [1.807, 2.05) is 0 Å². The van der Waals surface area contributed by atoms with E-state index in [4.69, 9.17) is 23.7 Å². The topological polar surface area (TPSA) is 115 Å². The number of hydrogen-bond acceptors (Lipinski definition) is 4. The van der Waals surface area contributed by atoms with Gasteiger partial charge in [0.2, 0.25) is 15.9 Å². The number of nitrogens with two attached hydrogens (primary N) is 2. The number of amides is 1. The van der Waals surface area contributed by atoms with E-state index in [0.29, 0.717) is 11.1 Å². The minimum absolute atomic E-state index is 0.245. The highest BCUT2D eigenvalue weighted by molar-refractivity contribution is 7.88. The standard InChI is InChI=1S/C11H15N3O3S2/c1-7(10(12)15)14-19(16,17)6-8-2-4-9(5-3-8)11(13)18/h2-5,7,14H,6H2,1H3,(H2,12,15)(H2,13,18). The Morgan fingerprint density at radius 3 is 2.26 bits per heavy atom. The van der Waals surface area contributed by atoms with Gasteiger partial charge in [-0.1, -0.05) is 36.5 Å². The van der Waals surface area contributed by atoms with Crippen LogP contribution in [-0.2, 0) is 20.6 Å². The number of thiocarbonyl (C=S) groups is 1. The summed E-state index contributed by atoms with van der Waals surface area (Å²) in [6.45, 7) is 1.38. The van der Waals surface area contributed by atoms with Gasteiger partial charge in [-0.2, -0.15) is 0 Å². The average Bonchev–Trinajstić information content (AvgIpc) is 2.28. The first-order valence-electron chi connectivity index (χ1n) is 5.39. The summed E-state index contributed by atoms with van der Waals surface area (Å²) >= 11 is 4.80. The molecular formula is C11H15N3O3S2.